The first-order valence-electron chi connectivity index (χ1n) is 9.38. The average Bonchev–Trinajstić information content (AvgIpc) is 3.30. The van der Waals surface area contributed by atoms with Crippen LogP contribution in [0.2, 0.25) is 0 Å². The summed E-state index contributed by atoms with van der Waals surface area (Å²) in [7, 11) is -3.65. The first kappa shape index (κ1) is 18.9. The normalized spacial score (nSPS) is 18.1. The summed E-state index contributed by atoms with van der Waals surface area (Å²) in [5, 5.41) is 0. The van der Waals surface area contributed by atoms with Crippen LogP contribution in [0.5, 0.6) is 0 Å². The highest BCUT2D eigenvalue weighted by atomic mass is 32.2. The van der Waals surface area contributed by atoms with E-state index in [0.717, 1.165) is 32.5 Å². The number of aromatic amines is 1. The predicted octanol–water partition coefficient (Wildman–Crippen LogP) is 1.96. The molecule has 0 saturated carbocycles. The maximum absolute atomic E-state index is 12.6. The average molecular weight is 401 g/mol. The third kappa shape index (κ3) is 4.35. The molecular formula is C20H23N3O4S. The van der Waals surface area contributed by atoms with Gasteiger partial charge in [0.2, 0.25) is 10.0 Å². The molecular weight excluding hydrogens is 378 g/mol. The predicted molar refractivity (Wildman–Crippen MR) is 107 cm³/mol. The van der Waals surface area contributed by atoms with Crippen molar-refractivity contribution in [1.29, 1.82) is 0 Å². The van der Waals surface area contributed by atoms with Gasteiger partial charge >= 0.3 is 5.76 Å². The molecule has 1 atom stereocenters. The second kappa shape index (κ2) is 7.90. The summed E-state index contributed by atoms with van der Waals surface area (Å²) in [6, 6.07) is 14.8. The fraction of sp³-hybridized carbons (Fsp3) is 0.350. The molecule has 1 fully saturated rings. The van der Waals surface area contributed by atoms with E-state index in [4.69, 9.17) is 4.42 Å². The minimum Gasteiger partial charge on any atom is -0.408 e. The van der Waals surface area contributed by atoms with Crippen molar-refractivity contribution in [2.24, 2.45) is 5.92 Å². The second-order valence-corrected chi connectivity index (χ2v) is 8.98. The van der Waals surface area contributed by atoms with Crippen molar-refractivity contribution in [3.05, 3.63) is 64.6 Å². The number of oxazole rings is 1. The lowest BCUT2D eigenvalue weighted by Crippen LogP contribution is -2.31. The summed E-state index contributed by atoms with van der Waals surface area (Å²) in [4.78, 5) is 16.2. The Labute approximate surface area is 163 Å². The Kier molecular flexibility index (Phi) is 5.34. The Morgan fingerprint density at radius 3 is 2.82 bits per heavy atom. The lowest BCUT2D eigenvalue weighted by molar-refractivity contribution is 0.328. The van der Waals surface area contributed by atoms with E-state index in [9.17, 15) is 13.2 Å². The van der Waals surface area contributed by atoms with Crippen molar-refractivity contribution in [3.8, 4) is 0 Å². The lowest BCUT2D eigenvalue weighted by atomic mass is 10.1. The summed E-state index contributed by atoms with van der Waals surface area (Å²) in [6.45, 7) is 3.26. The molecule has 0 spiro atoms. The molecule has 148 valence electrons. The Morgan fingerprint density at radius 1 is 1.18 bits per heavy atom. The lowest BCUT2D eigenvalue weighted by Gasteiger charge is -2.16. The number of likely N-dealkylation sites (tertiary alicyclic amines) is 1. The molecule has 0 aliphatic carbocycles. The van der Waals surface area contributed by atoms with Gasteiger partial charge in [-0.1, -0.05) is 30.3 Å². The summed E-state index contributed by atoms with van der Waals surface area (Å²) in [5.74, 6) is -0.307. The van der Waals surface area contributed by atoms with Crippen LogP contribution in [-0.4, -0.2) is 44.5 Å². The van der Waals surface area contributed by atoms with Crippen LogP contribution >= 0.6 is 0 Å². The Balaban J connectivity index is 1.31. The van der Waals surface area contributed by atoms with Crippen LogP contribution in [0.25, 0.3) is 11.1 Å². The standard InChI is InChI=1S/C20H23N3O4S/c24-20-22-18-7-6-17(12-19(18)27-20)28(25,26)21-13-16-9-11-23(14-16)10-8-15-4-2-1-3-5-15/h1-7,12,16,21H,8-11,13-14H2,(H,22,24)/t16-/m1/s1. The van der Waals surface area contributed by atoms with Gasteiger partial charge < -0.3 is 9.32 Å². The molecule has 1 saturated heterocycles. The first-order valence-corrected chi connectivity index (χ1v) is 10.9. The van der Waals surface area contributed by atoms with Gasteiger partial charge in [-0.15, -0.1) is 0 Å². The highest BCUT2D eigenvalue weighted by molar-refractivity contribution is 7.89. The van der Waals surface area contributed by atoms with Crippen LogP contribution in [0.15, 0.2) is 62.6 Å². The van der Waals surface area contributed by atoms with E-state index in [-0.39, 0.29) is 10.5 Å². The number of hydrogen-bond donors (Lipinski definition) is 2. The number of nitrogens with zero attached hydrogens (tertiary/aromatic N) is 1. The monoisotopic (exact) mass is 401 g/mol. The van der Waals surface area contributed by atoms with E-state index < -0.39 is 15.8 Å². The van der Waals surface area contributed by atoms with Gasteiger partial charge in [0.25, 0.3) is 0 Å². The van der Waals surface area contributed by atoms with E-state index in [1.54, 1.807) is 0 Å². The largest absolute Gasteiger partial charge is 0.417 e. The van der Waals surface area contributed by atoms with Crippen LogP contribution < -0.4 is 10.5 Å². The third-order valence-electron chi connectivity index (χ3n) is 5.19. The molecule has 0 radical (unpaired) electrons. The number of hydrogen-bond acceptors (Lipinski definition) is 5. The van der Waals surface area contributed by atoms with Gasteiger partial charge in [-0.05, 0) is 43.0 Å². The number of benzene rings is 2. The van der Waals surface area contributed by atoms with Gasteiger partial charge in [0.05, 0.1) is 10.4 Å². The Morgan fingerprint density at radius 2 is 2.00 bits per heavy atom. The molecule has 0 bridgehead atoms. The molecule has 1 aliphatic rings. The van der Waals surface area contributed by atoms with Gasteiger partial charge in [-0.3, -0.25) is 4.98 Å². The molecule has 0 amide bonds. The topological polar surface area (TPSA) is 95.4 Å². The van der Waals surface area contributed by atoms with Crippen molar-refractivity contribution < 1.29 is 12.8 Å². The molecule has 4 rings (SSSR count). The SMILES string of the molecule is O=c1[nH]c2ccc(S(=O)(=O)NC[C@H]3CCN(CCc4ccccc4)C3)cc2o1. The molecule has 28 heavy (non-hydrogen) atoms. The van der Waals surface area contributed by atoms with E-state index >= 15 is 0 Å². The van der Waals surface area contributed by atoms with E-state index in [1.807, 2.05) is 18.2 Å². The Hall–Kier alpha value is -2.42. The van der Waals surface area contributed by atoms with Crippen molar-refractivity contribution >= 4 is 21.1 Å². The van der Waals surface area contributed by atoms with Crippen LogP contribution in [-0.2, 0) is 16.4 Å². The van der Waals surface area contributed by atoms with Gasteiger partial charge in [-0.25, -0.2) is 17.9 Å². The Bertz CT molecular complexity index is 1110. The zero-order valence-corrected chi connectivity index (χ0v) is 16.2. The molecule has 2 N–H and O–H groups in total. The summed E-state index contributed by atoms with van der Waals surface area (Å²) >= 11 is 0. The number of aromatic nitrogens is 1. The quantitative estimate of drug-likeness (QED) is 0.631. The van der Waals surface area contributed by atoms with Gasteiger partial charge in [0.1, 0.15) is 0 Å². The molecule has 3 aromatic rings. The van der Waals surface area contributed by atoms with Gasteiger partial charge in [0.15, 0.2) is 5.58 Å². The van der Waals surface area contributed by atoms with Gasteiger partial charge in [-0.2, -0.15) is 0 Å². The van der Waals surface area contributed by atoms with Crippen LogP contribution in [0.4, 0.5) is 0 Å². The van der Waals surface area contributed by atoms with Crippen molar-refractivity contribution in [2.45, 2.75) is 17.7 Å². The third-order valence-corrected chi connectivity index (χ3v) is 6.62. The van der Waals surface area contributed by atoms with Crippen LogP contribution in [0.1, 0.15) is 12.0 Å². The molecule has 8 heteroatoms. The molecule has 1 aromatic heterocycles. The summed E-state index contributed by atoms with van der Waals surface area (Å²) in [5.41, 5.74) is 2.04. The van der Waals surface area contributed by atoms with Crippen LogP contribution in [0.3, 0.4) is 0 Å². The maximum Gasteiger partial charge on any atom is 0.417 e. The molecule has 2 heterocycles. The van der Waals surface area contributed by atoms with Crippen molar-refractivity contribution in [3.63, 3.8) is 0 Å². The highest BCUT2D eigenvalue weighted by Gasteiger charge is 2.24. The second-order valence-electron chi connectivity index (χ2n) is 7.22. The van der Waals surface area contributed by atoms with E-state index in [0.29, 0.717) is 18.0 Å². The number of sulfonamides is 1. The summed E-state index contributed by atoms with van der Waals surface area (Å²) in [6.07, 6.45) is 1.98. The number of nitrogens with one attached hydrogen (secondary N) is 2. The fourth-order valence-electron chi connectivity index (χ4n) is 3.62. The fourth-order valence-corrected chi connectivity index (χ4v) is 4.75. The van der Waals surface area contributed by atoms with E-state index in [1.165, 1.54) is 23.8 Å². The molecule has 1 aliphatic heterocycles. The van der Waals surface area contributed by atoms with Crippen LogP contribution in [0, 0.1) is 5.92 Å². The first-order chi connectivity index (χ1) is 13.5. The maximum atomic E-state index is 12.6. The number of fused-ring (bicyclic) bond motifs is 1. The molecule has 0 unspecified atom stereocenters. The smallest absolute Gasteiger partial charge is 0.408 e. The van der Waals surface area contributed by atoms with Crippen molar-refractivity contribution in [1.82, 2.24) is 14.6 Å². The minimum atomic E-state index is -3.65. The van der Waals surface area contributed by atoms with Crippen molar-refractivity contribution in [2.75, 3.05) is 26.2 Å². The zero-order chi connectivity index (χ0) is 19.6. The zero-order valence-electron chi connectivity index (χ0n) is 15.4. The van der Waals surface area contributed by atoms with Gasteiger partial charge in [0, 0.05) is 25.7 Å². The number of H-pyrrole nitrogens is 1. The summed E-state index contributed by atoms with van der Waals surface area (Å²) < 4.78 is 32.8. The molecule has 7 nitrogen and oxygen atoms in total. The number of rotatable bonds is 7. The molecule has 2 aromatic carbocycles. The minimum absolute atomic E-state index is 0.0988. The highest BCUT2D eigenvalue weighted by Crippen LogP contribution is 2.19. The van der Waals surface area contributed by atoms with E-state index in [2.05, 4.69) is 26.7 Å².